The van der Waals surface area contributed by atoms with E-state index in [1.54, 1.807) is 0 Å². The Bertz CT molecular complexity index is 764. The normalized spacial score (nSPS) is 20.9. The van der Waals surface area contributed by atoms with Gasteiger partial charge in [0.1, 0.15) is 6.54 Å². The number of benzene rings is 1. The molecule has 26 heavy (non-hydrogen) atoms. The van der Waals surface area contributed by atoms with Gasteiger partial charge >= 0.3 is 0 Å². The number of fused-ring (bicyclic) bond motifs is 1. The fourth-order valence-corrected chi connectivity index (χ4v) is 4.19. The summed E-state index contributed by atoms with van der Waals surface area (Å²) in [5.74, 6) is 0.159. The Morgan fingerprint density at radius 2 is 2.04 bits per heavy atom. The predicted molar refractivity (Wildman–Crippen MR) is 97.2 cm³/mol. The number of nitrogens with two attached hydrogens (primary N) is 1. The molecule has 8 heteroatoms. The number of likely N-dealkylation sites (tertiary alicyclic amines) is 1. The summed E-state index contributed by atoms with van der Waals surface area (Å²) in [6.07, 6.45) is 4.37. The predicted octanol–water partition coefficient (Wildman–Crippen LogP) is 0.346. The van der Waals surface area contributed by atoms with Crippen molar-refractivity contribution in [2.75, 3.05) is 25.9 Å². The third-order valence-electron chi connectivity index (χ3n) is 5.76. The van der Waals surface area contributed by atoms with Gasteiger partial charge < -0.3 is 10.6 Å². The number of likely N-dealkylation sites (N-methyl/N-ethyl adjacent to an activating group) is 1. The van der Waals surface area contributed by atoms with Gasteiger partial charge in [0, 0.05) is 25.7 Å². The fourth-order valence-electron chi connectivity index (χ4n) is 4.19. The Hall–Kier alpha value is -2.48. The molecule has 2 N–H and O–H groups in total. The molecule has 0 spiro atoms. The number of tetrazole rings is 1. The van der Waals surface area contributed by atoms with Crippen LogP contribution in [0.4, 0.5) is 5.95 Å². The van der Waals surface area contributed by atoms with Crippen LogP contribution in [0, 0.1) is 0 Å². The maximum atomic E-state index is 12.6. The van der Waals surface area contributed by atoms with Crippen LogP contribution in [-0.4, -0.2) is 68.1 Å². The van der Waals surface area contributed by atoms with Crippen LogP contribution in [0.2, 0.25) is 0 Å². The Morgan fingerprint density at radius 1 is 1.31 bits per heavy atom. The largest absolute Gasteiger partial charge is 0.367 e. The summed E-state index contributed by atoms with van der Waals surface area (Å²) in [7, 11) is 1.88. The summed E-state index contributed by atoms with van der Waals surface area (Å²) in [5.41, 5.74) is 8.60. The molecule has 0 saturated carbocycles. The van der Waals surface area contributed by atoms with Crippen molar-refractivity contribution in [2.24, 2.45) is 0 Å². The molecule has 2 heterocycles. The van der Waals surface area contributed by atoms with Crippen molar-refractivity contribution in [3.05, 3.63) is 35.4 Å². The summed E-state index contributed by atoms with van der Waals surface area (Å²) in [4.78, 5) is 17.0. The number of hydrogen-bond donors (Lipinski definition) is 1. The highest BCUT2D eigenvalue weighted by Gasteiger charge is 2.32. The second kappa shape index (κ2) is 7.03. The number of rotatable bonds is 4. The van der Waals surface area contributed by atoms with Crippen LogP contribution >= 0.6 is 0 Å². The SMILES string of the molecule is CN(C(=O)Cn1nnnc1N)[C@@H]1CCCN(C2Cc3ccccc3C2)C1. The molecule has 1 aromatic carbocycles. The summed E-state index contributed by atoms with van der Waals surface area (Å²) < 4.78 is 1.34. The van der Waals surface area contributed by atoms with E-state index >= 15 is 0 Å². The van der Waals surface area contributed by atoms with Crippen molar-refractivity contribution in [3.63, 3.8) is 0 Å². The molecule has 1 aromatic heterocycles. The molecule has 8 nitrogen and oxygen atoms in total. The maximum Gasteiger partial charge on any atom is 0.244 e. The van der Waals surface area contributed by atoms with Gasteiger partial charge in [0.05, 0.1) is 0 Å². The van der Waals surface area contributed by atoms with Crippen LogP contribution in [0.3, 0.4) is 0 Å². The van der Waals surface area contributed by atoms with Gasteiger partial charge in [0.2, 0.25) is 11.9 Å². The zero-order chi connectivity index (χ0) is 18.1. The fraction of sp³-hybridized carbons (Fsp3) is 0.556. The van der Waals surface area contributed by atoms with Gasteiger partial charge in [-0.25, -0.2) is 4.68 Å². The molecule has 1 saturated heterocycles. The molecule has 1 fully saturated rings. The van der Waals surface area contributed by atoms with Crippen LogP contribution in [-0.2, 0) is 24.2 Å². The third kappa shape index (κ3) is 3.29. The highest BCUT2D eigenvalue weighted by atomic mass is 16.2. The Kier molecular flexibility index (Phi) is 4.58. The average molecular weight is 355 g/mol. The number of nitrogen functional groups attached to an aromatic ring is 1. The quantitative estimate of drug-likeness (QED) is 0.850. The van der Waals surface area contributed by atoms with E-state index < -0.39 is 0 Å². The lowest BCUT2D eigenvalue weighted by molar-refractivity contribution is -0.134. The summed E-state index contributed by atoms with van der Waals surface area (Å²) >= 11 is 0. The van der Waals surface area contributed by atoms with Crippen molar-refractivity contribution in [3.8, 4) is 0 Å². The number of carbonyl (C=O) groups excluding carboxylic acids is 1. The minimum Gasteiger partial charge on any atom is -0.367 e. The Labute approximate surface area is 152 Å². The molecule has 1 amide bonds. The first kappa shape index (κ1) is 17.0. The van der Waals surface area contributed by atoms with Crippen molar-refractivity contribution in [1.29, 1.82) is 0 Å². The molecule has 0 unspecified atom stereocenters. The van der Waals surface area contributed by atoms with Crippen LogP contribution in [0.1, 0.15) is 24.0 Å². The van der Waals surface area contributed by atoms with Gasteiger partial charge in [0.25, 0.3) is 0 Å². The number of anilines is 1. The zero-order valence-electron chi connectivity index (χ0n) is 15.1. The van der Waals surface area contributed by atoms with Gasteiger partial charge in [-0.3, -0.25) is 9.69 Å². The minimum atomic E-state index is -0.00874. The molecule has 2 aliphatic rings. The molecule has 1 aliphatic heterocycles. The van der Waals surface area contributed by atoms with Gasteiger partial charge in [-0.2, -0.15) is 0 Å². The van der Waals surface area contributed by atoms with Gasteiger partial charge in [-0.1, -0.05) is 29.4 Å². The molecule has 138 valence electrons. The molecule has 0 radical (unpaired) electrons. The van der Waals surface area contributed by atoms with Crippen LogP contribution < -0.4 is 5.73 Å². The Balaban J connectivity index is 1.37. The highest BCUT2D eigenvalue weighted by Crippen LogP contribution is 2.28. The van der Waals surface area contributed by atoms with Gasteiger partial charge in [-0.05, 0) is 53.8 Å². The van der Waals surface area contributed by atoms with Crippen molar-refractivity contribution in [2.45, 2.75) is 44.3 Å². The van der Waals surface area contributed by atoms with Crippen molar-refractivity contribution >= 4 is 11.9 Å². The average Bonchev–Trinajstić information content (AvgIpc) is 3.27. The first-order chi connectivity index (χ1) is 12.6. The van der Waals surface area contributed by atoms with Crippen LogP contribution in [0.5, 0.6) is 0 Å². The van der Waals surface area contributed by atoms with Gasteiger partial charge in [-0.15, -0.1) is 0 Å². The van der Waals surface area contributed by atoms with Crippen molar-refractivity contribution < 1.29 is 4.79 Å². The lowest BCUT2D eigenvalue weighted by Crippen LogP contribution is -2.52. The molecule has 4 rings (SSSR count). The van der Waals surface area contributed by atoms with Gasteiger partial charge in [0.15, 0.2) is 0 Å². The molecular formula is C18H25N7O. The molecule has 0 bridgehead atoms. The number of amides is 1. The number of carbonyl (C=O) groups is 1. The van der Waals surface area contributed by atoms with Crippen LogP contribution in [0.15, 0.2) is 24.3 Å². The number of nitrogens with zero attached hydrogens (tertiary/aromatic N) is 6. The molecular weight excluding hydrogens is 330 g/mol. The van der Waals surface area contributed by atoms with E-state index in [9.17, 15) is 4.79 Å². The van der Waals surface area contributed by atoms with Crippen molar-refractivity contribution in [1.82, 2.24) is 30.0 Å². The highest BCUT2D eigenvalue weighted by molar-refractivity contribution is 5.76. The number of piperidine rings is 1. The second-order valence-electron chi connectivity index (χ2n) is 7.32. The van der Waals surface area contributed by atoms with E-state index in [-0.39, 0.29) is 24.4 Å². The first-order valence-corrected chi connectivity index (χ1v) is 9.20. The van der Waals surface area contributed by atoms with E-state index in [2.05, 4.69) is 44.7 Å². The number of hydrogen-bond acceptors (Lipinski definition) is 6. The summed E-state index contributed by atoms with van der Waals surface area (Å²) in [5, 5.41) is 10.9. The minimum absolute atomic E-state index is 0.00874. The van der Waals surface area contributed by atoms with Crippen LogP contribution in [0.25, 0.3) is 0 Å². The third-order valence-corrected chi connectivity index (χ3v) is 5.76. The van der Waals surface area contributed by atoms with E-state index in [0.717, 1.165) is 38.8 Å². The monoisotopic (exact) mass is 355 g/mol. The zero-order valence-corrected chi connectivity index (χ0v) is 15.1. The smallest absolute Gasteiger partial charge is 0.244 e. The van der Waals surface area contributed by atoms with E-state index in [4.69, 9.17) is 5.73 Å². The summed E-state index contributed by atoms with van der Waals surface area (Å²) in [6.45, 7) is 2.11. The second-order valence-corrected chi connectivity index (χ2v) is 7.32. The standard InChI is InChI=1S/C18H25N7O/c1-23(17(26)12-25-18(19)20-21-22-25)15-7-4-8-24(11-15)16-9-13-5-2-3-6-14(13)10-16/h2-3,5-6,15-16H,4,7-12H2,1H3,(H2,19,20,22)/t15-/m1/s1. The van der Waals surface area contributed by atoms with E-state index in [1.165, 1.54) is 15.8 Å². The maximum absolute atomic E-state index is 12.6. The Morgan fingerprint density at radius 3 is 2.69 bits per heavy atom. The van der Waals surface area contributed by atoms with E-state index in [0.29, 0.717) is 6.04 Å². The first-order valence-electron chi connectivity index (χ1n) is 9.20. The lowest BCUT2D eigenvalue weighted by Gasteiger charge is -2.40. The number of aromatic nitrogens is 4. The topological polar surface area (TPSA) is 93.2 Å². The molecule has 1 atom stereocenters. The molecule has 1 aliphatic carbocycles. The molecule has 2 aromatic rings. The lowest BCUT2D eigenvalue weighted by atomic mass is 10.0. The summed E-state index contributed by atoms with van der Waals surface area (Å²) in [6, 6.07) is 9.49. The van der Waals surface area contributed by atoms with E-state index in [1.807, 2.05) is 11.9 Å².